The molecule has 4 amide bonds. The quantitative estimate of drug-likeness (QED) is 0.178. The SMILES string of the molecule is CCNC(=O)[C@@H](NC(=O)[C@H](C)NC[C@H](Cc1ccccc1)NC(=O)c1cccc(C(=O)NCc2cc(C)cc(C)c2)c1)C(C)C. The molecule has 3 rings (SSSR count). The summed E-state index contributed by atoms with van der Waals surface area (Å²) in [6.45, 7) is 12.5. The standard InChI is InChI=1S/C36H47N5O4/c1-7-37-36(45)32(23(2)3)41-33(42)26(6)38-22-31(19-27-12-9-8-10-13-27)40-35(44)30-15-11-14-29(20-30)34(43)39-21-28-17-24(4)16-25(5)18-28/h8-18,20,23,26,31-32,38H,7,19,21-22H2,1-6H3,(H,37,45)(H,39,43)(H,40,44)(H,41,42)/t26-,31-,32-/m0/s1. The number of hydrogen-bond acceptors (Lipinski definition) is 5. The molecule has 0 saturated carbocycles. The normalized spacial score (nSPS) is 13.0. The lowest BCUT2D eigenvalue weighted by molar-refractivity contribution is -0.130. The summed E-state index contributed by atoms with van der Waals surface area (Å²) in [4.78, 5) is 51.8. The van der Waals surface area contributed by atoms with Crippen LogP contribution in [0.1, 0.15) is 70.7 Å². The van der Waals surface area contributed by atoms with Gasteiger partial charge in [-0.05, 0) is 69.4 Å². The van der Waals surface area contributed by atoms with E-state index in [1.807, 2.05) is 77.1 Å². The first-order valence-corrected chi connectivity index (χ1v) is 15.6. The highest BCUT2D eigenvalue weighted by molar-refractivity contribution is 5.99. The number of rotatable bonds is 15. The molecule has 0 bridgehead atoms. The number of benzene rings is 3. The molecule has 0 aliphatic rings. The Morgan fingerprint density at radius 1 is 0.689 bits per heavy atom. The molecule has 0 spiro atoms. The fourth-order valence-electron chi connectivity index (χ4n) is 5.11. The summed E-state index contributed by atoms with van der Waals surface area (Å²) in [6, 6.07) is 20.9. The molecular weight excluding hydrogens is 566 g/mol. The van der Waals surface area contributed by atoms with Gasteiger partial charge in [0.15, 0.2) is 0 Å². The summed E-state index contributed by atoms with van der Waals surface area (Å²) in [7, 11) is 0. The van der Waals surface area contributed by atoms with Crippen molar-refractivity contribution < 1.29 is 19.2 Å². The Bertz CT molecular complexity index is 1440. The first-order chi connectivity index (χ1) is 21.5. The zero-order valence-corrected chi connectivity index (χ0v) is 27.2. The molecule has 0 fully saturated rings. The minimum absolute atomic E-state index is 0.0811. The summed E-state index contributed by atoms with van der Waals surface area (Å²) < 4.78 is 0. The van der Waals surface area contributed by atoms with Gasteiger partial charge in [-0.25, -0.2) is 0 Å². The lowest BCUT2D eigenvalue weighted by atomic mass is 10.0. The van der Waals surface area contributed by atoms with Crippen molar-refractivity contribution in [3.63, 3.8) is 0 Å². The summed E-state index contributed by atoms with van der Waals surface area (Å²) >= 11 is 0. The van der Waals surface area contributed by atoms with Crippen molar-refractivity contribution in [1.29, 1.82) is 0 Å². The smallest absolute Gasteiger partial charge is 0.251 e. The lowest BCUT2D eigenvalue weighted by Gasteiger charge is -2.25. The molecule has 3 atom stereocenters. The number of nitrogens with one attached hydrogen (secondary N) is 5. The zero-order chi connectivity index (χ0) is 32.9. The van der Waals surface area contributed by atoms with Gasteiger partial charge in [0, 0.05) is 36.8 Å². The van der Waals surface area contributed by atoms with Gasteiger partial charge in [-0.2, -0.15) is 0 Å². The van der Waals surface area contributed by atoms with Crippen molar-refractivity contribution in [2.45, 2.75) is 72.6 Å². The maximum absolute atomic E-state index is 13.4. The van der Waals surface area contributed by atoms with Crippen molar-refractivity contribution in [1.82, 2.24) is 26.6 Å². The summed E-state index contributed by atoms with van der Waals surface area (Å²) in [5, 5.41) is 14.9. The van der Waals surface area contributed by atoms with Crippen LogP contribution in [0, 0.1) is 19.8 Å². The van der Waals surface area contributed by atoms with E-state index >= 15 is 0 Å². The average Bonchev–Trinajstić information content (AvgIpc) is 3.01. The molecule has 3 aromatic carbocycles. The van der Waals surface area contributed by atoms with Crippen LogP contribution in [0.15, 0.2) is 72.8 Å². The fraction of sp³-hybridized carbons (Fsp3) is 0.389. The van der Waals surface area contributed by atoms with Gasteiger partial charge >= 0.3 is 0 Å². The molecular formula is C36H47N5O4. The minimum Gasteiger partial charge on any atom is -0.355 e. The van der Waals surface area contributed by atoms with Crippen LogP contribution in [0.5, 0.6) is 0 Å². The number of carbonyl (C=O) groups is 4. The van der Waals surface area contributed by atoms with Gasteiger partial charge < -0.3 is 26.6 Å². The topological polar surface area (TPSA) is 128 Å². The van der Waals surface area contributed by atoms with Crippen LogP contribution in [0.4, 0.5) is 0 Å². The minimum atomic E-state index is -0.646. The van der Waals surface area contributed by atoms with E-state index in [1.54, 1.807) is 31.2 Å². The molecule has 240 valence electrons. The third kappa shape index (κ3) is 11.2. The highest BCUT2D eigenvalue weighted by Gasteiger charge is 2.26. The van der Waals surface area contributed by atoms with Gasteiger partial charge in [-0.1, -0.05) is 79.6 Å². The van der Waals surface area contributed by atoms with Crippen molar-refractivity contribution in [2.24, 2.45) is 5.92 Å². The van der Waals surface area contributed by atoms with Crippen molar-refractivity contribution in [3.05, 3.63) is 106 Å². The maximum Gasteiger partial charge on any atom is 0.251 e. The first-order valence-electron chi connectivity index (χ1n) is 15.6. The van der Waals surface area contributed by atoms with Crippen LogP contribution in [0.25, 0.3) is 0 Å². The van der Waals surface area contributed by atoms with E-state index in [-0.39, 0.29) is 35.6 Å². The van der Waals surface area contributed by atoms with Crippen LogP contribution in [-0.4, -0.2) is 54.8 Å². The Morgan fingerprint density at radius 3 is 1.96 bits per heavy atom. The molecule has 45 heavy (non-hydrogen) atoms. The fourth-order valence-corrected chi connectivity index (χ4v) is 5.11. The second-order valence-electron chi connectivity index (χ2n) is 11.9. The van der Waals surface area contributed by atoms with Crippen LogP contribution >= 0.6 is 0 Å². The van der Waals surface area contributed by atoms with Gasteiger partial charge in [-0.3, -0.25) is 19.2 Å². The Kier molecular flexibility index (Phi) is 13.3. The molecule has 9 heteroatoms. The maximum atomic E-state index is 13.4. The van der Waals surface area contributed by atoms with Crippen LogP contribution in [0.3, 0.4) is 0 Å². The van der Waals surface area contributed by atoms with Gasteiger partial charge in [0.05, 0.1) is 6.04 Å². The predicted octanol–water partition coefficient (Wildman–Crippen LogP) is 3.83. The molecule has 0 heterocycles. The Balaban J connectivity index is 1.66. The van der Waals surface area contributed by atoms with E-state index in [4.69, 9.17) is 0 Å². The molecule has 0 saturated heterocycles. The van der Waals surface area contributed by atoms with Crippen LogP contribution in [-0.2, 0) is 22.6 Å². The molecule has 0 unspecified atom stereocenters. The highest BCUT2D eigenvalue weighted by Crippen LogP contribution is 2.11. The van der Waals surface area contributed by atoms with E-state index < -0.39 is 12.1 Å². The molecule has 5 N–H and O–H groups in total. The molecule has 3 aromatic rings. The average molecular weight is 614 g/mol. The first kappa shape index (κ1) is 35.0. The van der Waals surface area contributed by atoms with Crippen LogP contribution < -0.4 is 26.6 Å². The number of carbonyl (C=O) groups excluding carboxylic acids is 4. The summed E-state index contributed by atoms with van der Waals surface area (Å²) in [6.07, 6.45) is 0.525. The van der Waals surface area contributed by atoms with Gasteiger partial charge in [0.25, 0.3) is 11.8 Å². The second kappa shape index (κ2) is 17.1. The molecule has 9 nitrogen and oxygen atoms in total. The van der Waals surface area contributed by atoms with Gasteiger partial charge in [0.2, 0.25) is 11.8 Å². The summed E-state index contributed by atoms with van der Waals surface area (Å²) in [5.74, 6) is -1.19. The molecule has 0 radical (unpaired) electrons. The Hall–Kier alpha value is -4.50. The van der Waals surface area contributed by atoms with E-state index in [1.165, 1.54) is 0 Å². The number of amides is 4. The second-order valence-corrected chi connectivity index (χ2v) is 11.9. The van der Waals surface area contributed by atoms with E-state index in [0.717, 1.165) is 22.3 Å². The lowest BCUT2D eigenvalue weighted by Crippen LogP contribution is -2.55. The Morgan fingerprint density at radius 2 is 1.33 bits per heavy atom. The highest BCUT2D eigenvalue weighted by atomic mass is 16.2. The third-order valence-electron chi connectivity index (χ3n) is 7.44. The third-order valence-corrected chi connectivity index (χ3v) is 7.44. The van der Waals surface area contributed by atoms with Gasteiger partial charge in [0.1, 0.15) is 6.04 Å². The monoisotopic (exact) mass is 613 g/mol. The van der Waals surface area contributed by atoms with E-state index in [9.17, 15) is 19.2 Å². The largest absolute Gasteiger partial charge is 0.355 e. The van der Waals surface area contributed by atoms with Gasteiger partial charge in [-0.15, -0.1) is 0 Å². The van der Waals surface area contributed by atoms with E-state index in [0.29, 0.717) is 37.2 Å². The van der Waals surface area contributed by atoms with Crippen LogP contribution in [0.2, 0.25) is 0 Å². The molecule has 0 aliphatic carbocycles. The number of likely N-dealkylation sites (N-methyl/N-ethyl adjacent to an activating group) is 1. The van der Waals surface area contributed by atoms with E-state index in [2.05, 4.69) is 32.7 Å². The molecule has 0 aliphatic heterocycles. The summed E-state index contributed by atoms with van der Waals surface area (Å²) in [5.41, 5.74) is 5.05. The van der Waals surface area contributed by atoms with Crippen molar-refractivity contribution in [2.75, 3.05) is 13.1 Å². The van der Waals surface area contributed by atoms with Crippen molar-refractivity contribution in [3.8, 4) is 0 Å². The predicted molar refractivity (Wildman–Crippen MR) is 178 cm³/mol. The van der Waals surface area contributed by atoms with Crippen molar-refractivity contribution >= 4 is 23.6 Å². The number of hydrogen-bond donors (Lipinski definition) is 5. The number of aryl methyl sites for hydroxylation is 2. The zero-order valence-electron chi connectivity index (χ0n) is 27.2. The molecule has 0 aromatic heterocycles. The Labute approximate surface area is 267 Å².